The number of ether oxygens (including phenoxy) is 1. The second-order valence-electron chi connectivity index (χ2n) is 13.9. The molecule has 280 valence electrons. The molecule has 2 N–H and O–H groups in total. The predicted molar refractivity (Wildman–Crippen MR) is 192 cm³/mol. The summed E-state index contributed by atoms with van der Waals surface area (Å²) in [6.07, 6.45) is 3.01. The number of carboxylic acid groups (broad SMARTS) is 1. The lowest BCUT2D eigenvalue weighted by atomic mass is 9.78. The molecule has 15 heteroatoms. The predicted octanol–water partition coefficient (Wildman–Crippen LogP) is 9.29. The maximum absolute atomic E-state index is 16.3. The average molecular weight is 755 g/mol. The molecule has 0 bridgehead atoms. The number of anilines is 3. The third-order valence-electron chi connectivity index (χ3n) is 10.4. The molecule has 0 amide bonds. The van der Waals surface area contributed by atoms with Gasteiger partial charge < -0.3 is 20.1 Å². The van der Waals surface area contributed by atoms with Gasteiger partial charge >= 0.3 is 12.1 Å². The van der Waals surface area contributed by atoms with Crippen molar-refractivity contribution < 1.29 is 32.2 Å². The minimum atomic E-state index is -4.65. The summed E-state index contributed by atoms with van der Waals surface area (Å²) < 4.78 is 63.6. The summed E-state index contributed by atoms with van der Waals surface area (Å²) in [5.41, 5.74) is -0.288. The van der Waals surface area contributed by atoms with E-state index in [-0.39, 0.29) is 41.4 Å². The number of carbonyl (C=O) groups is 1. The number of carboxylic acids is 1. The van der Waals surface area contributed by atoms with Gasteiger partial charge in [-0.05, 0) is 69.4 Å². The van der Waals surface area contributed by atoms with Gasteiger partial charge in [0.1, 0.15) is 6.33 Å². The molecule has 2 aliphatic rings. The first kappa shape index (κ1) is 39.1. The van der Waals surface area contributed by atoms with E-state index in [1.54, 1.807) is 7.11 Å². The fraction of sp³-hybridized carbons (Fsp3) is 0.611. The van der Waals surface area contributed by atoms with Crippen LogP contribution in [0.1, 0.15) is 82.6 Å². The van der Waals surface area contributed by atoms with Crippen LogP contribution in [0.4, 0.5) is 34.3 Å². The number of benzene rings is 1. The second kappa shape index (κ2) is 17.2. The molecule has 2 saturated heterocycles. The van der Waals surface area contributed by atoms with Crippen LogP contribution >= 0.6 is 22.9 Å². The van der Waals surface area contributed by atoms with Gasteiger partial charge in [0.05, 0.1) is 22.9 Å². The maximum Gasteiger partial charge on any atom is 0.417 e. The van der Waals surface area contributed by atoms with Gasteiger partial charge in [-0.2, -0.15) is 17.6 Å². The van der Waals surface area contributed by atoms with E-state index in [4.69, 9.17) is 21.3 Å². The number of thiazole rings is 1. The smallest absolute Gasteiger partial charge is 0.417 e. The minimum Gasteiger partial charge on any atom is -0.481 e. The normalized spacial score (nSPS) is 22.3. The fourth-order valence-corrected chi connectivity index (χ4v) is 8.99. The van der Waals surface area contributed by atoms with E-state index in [2.05, 4.69) is 41.0 Å². The number of aromatic nitrogens is 3. The van der Waals surface area contributed by atoms with Crippen molar-refractivity contribution in [1.29, 1.82) is 0 Å². The highest BCUT2D eigenvalue weighted by Crippen LogP contribution is 2.42. The lowest BCUT2D eigenvalue weighted by molar-refractivity contribution is -0.138. The zero-order valence-corrected chi connectivity index (χ0v) is 31.1. The molecular formula is C36H47ClF4N6O3S. The van der Waals surface area contributed by atoms with E-state index in [0.29, 0.717) is 55.6 Å². The van der Waals surface area contributed by atoms with E-state index in [9.17, 15) is 23.1 Å². The number of nitrogens with one attached hydrogen (secondary N) is 1. The van der Waals surface area contributed by atoms with Crippen LogP contribution in [-0.2, 0) is 22.3 Å². The van der Waals surface area contributed by atoms with Crippen LogP contribution in [0.2, 0.25) is 5.02 Å². The molecule has 9 nitrogen and oxygen atoms in total. The molecule has 4 heterocycles. The fourth-order valence-electron chi connectivity index (χ4n) is 7.78. The number of hydrogen-bond acceptors (Lipinski definition) is 9. The van der Waals surface area contributed by atoms with Gasteiger partial charge in [-0.1, -0.05) is 49.3 Å². The van der Waals surface area contributed by atoms with Gasteiger partial charge in [-0.3, -0.25) is 9.69 Å². The molecule has 0 spiro atoms. The quantitative estimate of drug-likeness (QED) is 0.156. The van der Waals surface area contributed by atoms with Crippen molar-refractivity contribution in [3.63, 3.8) is 0 Å². The van der Waals surface area contributed by atoms with Crippen molar-refractivity contribution in [2.45, 2.75) is 96.9 Å². The second-order valence-corrected chi connectivity index (χ2v) is 15.4. The minimum absolute atomic E-state index is 0.0293. The number of aliphatic carboxylic acids is 1. The first-order valence-corrected chi connectivity index (χ1v) is 18.9. The summed E-state index contributed by atoms with van der Waals surface area (Å²) in [6.45, 7) is 8.32. The Balaban J connectivity index is 1.45. The molecule has 2 unspecified atom stereocenters. The van der Waals surface area contributed by atoms with Gasteiger partial charge in [0.25, 0.3) is 0 Å². The lowest BCUT2D eigenvalue weighted by Crippen LogP contribution is -2.35. The van der Waals surface area contributed by atoms with Crippen molar-refractivity contribution in [3.8, 4) is 11.3 Å². The molecule has 5 atom stereocenters. The summed E-state index contributed by atoms with van der Waals surface area (Å²) in [5.74, 6) is -1.07. The van der Waals surface area contributed by atoms with Crippen LogP contribution < -0.4 is 10.2 Å². The van der Waals surface area contributed by atoms with Gasteiger partial charge in [-0.15, -0.1) is 0 Å². The molecule has 3 aromatic rings. The summed E-state index contributed by atoms with van der Waals surface area (Å²) in [6, 6.07) is 4.44. The van der Waals surface area contributed by atoms with Crippen molar-refractivity contribution >= 4 is 45.7 Å². The van der Waals surface area contributed by atoms with Gasteiger partial charge in [-0.25, -0.2) is 15.0 Å². The van der Waals surface area contributed by atoms with Crippen LogP contribution in [0.5, 0.6) is 0 Å². The Labute approximate surface area is 305 Å². The third kappa shape index (κ3) is 9.49. The van der Waals surface area contributed by atoms with E-state index >= 15 is 4.39 Å². The molecule has 0 aliphatic carbocycles. The zero-order valence-electron chi connectivity index (χ0n) is 29.5. The maximum atomic E-state index is 16.3. The van der Waals surface area contributed by atoms with Gasteiger partial charge in [0, 0.05) is 61.6 Å². The molecular weight excluding hydrogens is 708 g/mol. The largest absolute Gasteiger partial charge is 0.481 e. The molecule has 51 heavy (non-hydrogen) atoms. The summed E-state index contributed by atoms with van der Waals surface area (Å²) in [4.78, 5) is 29.5. The Morgan fingerprint density at radius 2 is 2.02 bits per heavy atom. The Morgan fingerprint density at radius 1 is 1.24 bits per heavy atom. The van der Waals surface area contributed by atoms with Crippen LogP contribution in [0.15, 0.2) is 24.5 Å². The van der Waals surface area contributed by atoms with Gasteiger partial charge in [0.2, 0.25) is 5.82 Å². The number of halogens is 5. The molecule has 2 aromatic heterocycles. The Kier molecular flexibility index (Phi) is 13.2. The van der Waals surface area contributed by atoms with Crippen molar-refractivity contribution in [1.82, 2.24) is 19.9 Å². The lowest BCUT2D eigenvalue weighted by Gasteiger charge is -2.32. The number of methoxy groups -OCH3 is 1. The van der Waals surface area contributed by atoms with Crippen LogP contribution in [0.25, 0.3) is 11.3 Å². The molecule has 0 radical (unpaired) electrons. The van der Waals surface area contributed by atoms with Crippen LogP contribution in [0, 0.1) is 23.6 Å². The molecule has 2 fully saturated rings. The zero-order chi connectivity index (χ0) is 36.9. The molecule has 2 aliphatic heterocycles. The van der Waals surface area contributed by atoms with E-state index in [1.165, 1.54) is 29.8 Å². The molecule has 0 saturated carbocycles. The first-order valence-electron chi connectivity index (χ1n) is 17.7. The Bertz CT molecular complexity index is 1640. The van der Waals surface area contributed by atoms with Crippen molar-refractivity contribution in [2.75, 3.05) is 37.0 Å². The number of likely N-dealkylation sites (tertiary alicyclic amines) is 1. The summed E-state index contributed by atoms with van der Waals surface area (Å²) in [7, 11) is 1.63. The number of hydrogen-bond donors (Lipinski definition) is 2. The Hall–Kier alpha value is -3.07. The highest BCUT2D eigenvalue weighted by Gasteiger charge is 2.36. The van der Waals surface area contributed by atoms with Crippen LogP contribution in [-0.4, -0.2) is 69.8 Å². The monoisotopic (exact) mass is 754 g/mol. The standard InChI is InChI=1S/C36H47ClF4N6O3S/c1-5-7-25-12-10-22(3)47(25)18-29-32(23-11-13-28(37)27(16-23)36(39,40)41)44-35(51-29)45-33-31(38)34(43-20-42-33)46-15-6-8-26(24(17-46)19-50-4)21(2)9-14-30(48)49/h11,13,16,20-22,24-26H,5-10,12,14-15,17-19H2,1-4H3,(H,48,49)(H,42,43,44,45)/t21?,22-,24+,25-,26?/m1/s1. The van der Waals surface area contributed by atoms with Gasteiger partial charge in [0.15, 0.2) is 16.8 Å². The number of alkyl halides is 3. The average Bonchev–Trinajstić information content (AvgIpc) is 3.56. The summed E-state index contributed by atoms with van der Waals surface area (Å²) in [5, 5.41) is 12.2. The van der Waals surface area contributed by atoms with E-state index in [0.717, 1.165) is 49.5 Å². The van der Waals surface area contributed by atoms with Crippen LogP contribution in [0.3, 0.4) is 0 Å². The topological polar surface area (TPSA) is 104 Å². The highest BCUT2D eigenvalue weighted by molar-refractivity contribution is 7.16. The number of nitrogens with zero attached hydrogens (tertiary/aromatic N) is 5. The Morgan fingerprint density at radius 3 is 2.73 bits per heavy atom. The first-order chi connectivity index (χ1) is 24.3. The van der Waals surface area contributed by atoms with E-state index < -0.39 is 28.5 Å². The summed E-state index contributed by atoms with van der Waals surface area (Å²) >= 11 is 7.24. The van der Waals surface area contributed by atoms with Crippen molar-refractivity contribution in [2.24, 2.45) is 17.8 Å². The third-order valence-corrected chi connectivity index (χ3v) is 11.7. The highest BCUT2D eigenvalue weighted by atomic mass is 35.5. The SMILES string of the molecule is CCC[C@@H]1CC[C@@H](C)N1Cc1sc(Nc2ncnc(N3CCCC(C(C)CCC(=O)O)[C@H](COC)C3)c2F)nc1-c1ccc(Cl)c(C(F)(F)F)c1. The molecule has 1 aromatic carbocycles. The molecule has 5 rings (SSSR count). The van der Waals surface area contributed by atoms with E-state index in [1.807, 2.05) is 4.90 Å². The van der Waals surface area contributed by atoms with Crippen molar-refractivity contribution in [3.05, 3.63) is 45.8 Å². The number of rotatable bonds is 14.